The molecule has 0 N–H and O–H groups in total. The number of benzene rings is 2. The molecule has 196 valence electrons. The van der Waals surface area contributed by atoms with Crippen molar-refractivity contribution in [1.29, 1.82) is 0 Å². The standard InChI is InChI=1S/C29H25Cl3N2O4/c1-33-17-20(12-13-27(36)38-2)14-22(28(37)29(30,31)32)24(33)16-26(35)25-15-21-10-6-7-11-23(21)34(25)18-19-8-4-3-5-9-19/h3-15,17,24H,16,18H2,1-2H3/b13-12+. The molecular formula is C29H25Cl3N2O4. The van der Waals surface area contributed by atoms with E-state index in [0.717, 1.165) is 16.5 Å². The monoisotopic (exact) mass is 570 g/mol. The summed E-state index contributed by atoms with van der Waals surface area (Å²) in [5.74, 6) is -1.47. The fraction of sp³-hybridized carbons (Fsp3) is 0.207. The van der Waals surface area contributed by atoms with Gasteiger partial charge >= 0.3 is 5.97 Å². The average Bonchev–Trinajstić information content (AvgIpc) is 3.26. The molecule has 2 heterocycles. The highest BCUT2D eigenvalue weighted by Gasteiger charge is 2.39. The Balaban J connectivity index is 1.70. The van der Waals surface area contributed by atoms with Crippen LogP contribution in [0.1, 0.15) is 22.5 Å². The summed E-state index contributed by atoms with van der Waals surface area (Å²) in [4.78, 5) is 40.2. The molecule has 1 aromatic heterocycles. The van der Waals surface area contributed by atoms with Crippen LogP contribution >= 0.6 is 34.8 Å². The number of hydrogen-bond donors (Lipinski definition) is 0. The van der Waals surface area contributed by atoms with Crippen LogP contribution in [-0.2, 0) is 20.9 Å². The third-order valence-electron chi connectivity index (χ3n) is 6.32. The molecule has 4 rings (SSSR count). The molecule has 0 saturated heterocycles. The number of alkyl halides is 3. The summed E-state index contributed by atoms with van der Waals surface area (Å²) in [6.45, 7) is 0.508. The number of fused-ring (bicyclic) bond motifs is 1. The summed E-state index contributed by atoms with van der Waals surface area (Å²) in [5.41, 5.74) is 3.16. The van der Waals surface area contributed by atoms with Crippen LogP contribution in [0, 0.1) is 0 Å². The summed E-state index contributed by atoms with van der Waals surface area (Å²) in [6, 6.07) is 18.8. The second-order valence-corrected chi connectivity index (χ2v) is 11.2. The van der Waals surface area contributed by atoms with E-state index in [0.29, 0.717) is 17.8 Å². The molecule has 1 aliphatic rings. The summed E-state index contributed by atoms with van der Waals surface area (Å²) >= 11 is 17.9. The van der Waals surface area contributed by atoms with Crippen molar-refractivity contribution >= 4 is 63.2 Å². The highest BCUT2D eigenvalue weighted by atomic mass is 35.6. The molecule has 1 unspecified atom stereocenters. The van der Waals surface area contributed by atoms with Crippen LogP contribution in [0.5, 0.6) is 0 Å². The largest absolute Gasteiger partial charge is 0.466 e. The van der Waals surface area contributed by atoms with Crippen molar-refractivity contribution in [3.8, 4) is 0 Å². The number of carbonyl (C=O) groups is 3. The number of ketones is 2. The van der Waals surface area contributed by atoms with Crippen LogP contribution in [0.15, 0.2) is 96.2 Å². The number of para-hydroxylation sites is 1. The summed E-state index contributed by atoms with van der Waals surface area (Å²) in [5, 5.41) is 0.937. The molecule has 0 spiro atoms. The Bertz CT molecular complexity index is 1470. The topological polar surface area (TPSA) is 68.6 Å². The molecule has 0 aliphatic carbocycles. The summed E-state index contributed by atoms with van der Waals surface area (Å²) < 4.78 is 4.40. The zero-order valence-electron chi connectivity index (χ0n) is 20.7. The molecule has 0 bridgehead atoms. The van der Waals surface area contributed by atoms with Crippen LogP contribution < -0.4 is 0 Å². The molecule has 0 saturated carbocycles. The van der Waals surface area contributed by atoms with Crippen molar-refractivity contribution in [2.24, 2.45) is 0 Å². The number of esters is 1. The smallest absolute Gasteiger partial charge is 0.330 e. The maximum atomic E-state index is 13.8. The fourth-order valence-electron chi connectivity index (χ4n) is 4.47. The van der Waals surface area contributed by atoms with Crippen molar-refractivity contribution < 1.29 is 19.1 Å². The average molecular weight is 572 g/mol. The van der Waals surface area contributed by atoms with Gasteiger partial charge in [-0.05, 0) is 35.4 Å². The predicted molar refractivity (Wildman–Crippen MR) is 151 cm³/mol. The van der Waals surface area contributed by atoms with Crippen LogP contribution in [0.25, 0.3) is 10.9 Å². The molecular weight excluding hydrogens is 547 g/mol. The zero-order valence-corrected chi connectivity index (χ0v) is 23.0. The number of methoxy groups -OCH3 is 1. The van der Waals surface area contributed by atoms with Gasteiger partial charge in [-0.2, -0.15) is 0 Å². The molecule has 6 nitrogen and oxygen atoms in total. The van der Waals surface area contributed by atoms with Gasteiger partial charge in [0, 0.05) is 48.8 Å². The van der Waals surface area contributed by atoms with E-state index in [4.69, 9.17) is 34.8 Å². The minimum Gasteiger partial charge on any atom is -0.466 e. The number of likely N-dealkylation sites (N-methyl/N-ethyl adjacent to an activating group) is 1. The number of allylic oxidation sites excluding steroid dienone is 3. The van der Waals surface area contributed by atoms with Gasteiger partial charge in [-0.3, -0.25) is 9.59 Å². The lowest BCUT2D eigenvalue weighted by atomic mass is 9.91. The number of aromatic nitrogens is 1. The maximum Gasteiger partial charge on any atom is 0.330 e. The minimum atomic E-state index is -2.22. The first-order valence-corrected chi connectivity index (χ1v) is 12.9. The Labute approximate surface area is 235 Å². The molecule has 0 radical (unpaired) electrons. The van der Waals surface area contributed by atoms with Gasteiger partial charge in [0.25, 0.3) is 3.79 Å². The van der Waals surface area contributed by atoms with Crippen molar-refractivity contribution in [3.63, 3.8) is 0 Å². The van der Waals surface area contributed by atoms with Crippen LogP contribution in [0.4, 0.5) is 0 Å². The maximum absolute atomic E-state index is 13.8. The first-order valence-electron chi connectivity index (χ1n) is 11.8. The van der Waals surface area contributed by atoms with Crippen LogP contribution in [-0.4, -0.2) is 51.0 Å². The van der Waals surface area contributed by atoms with Crippen molar-refractivity contribution in [1.82, 2.24) is 9.47 Å². The van der Waals surface area contributed by atoms with E-state index in [-0.39, 0.29) is 17.8 Å². The Morgan fingerprint density at radius 1 is 1.03 bits per heavy atom. The first kappa shape index (κ1) is 27.7. The van der Waals surface area contributed by atoms with E-state index < -0.39 is 21.6 Å². The van der Waals surface area contributed by atoms with Gasteiger partial charge in [0.2, 0.25) is 5.78 Å². The van der Waals surface area contributed by atoms with Crippen molar-refractivity contribution in [3.05, 3.63) is 107 Å². The fourth-order valence-corrected chi connectivity index (χ4v) is 4.80. The second-order valence-electron chi connectivity index (χ2n) is 8.88. The van der Waals surface area contributed by atoms with Gasteiger partial charge in [0.15, 0.2) is 5.78 Å². The van der Waals surface area contributed by atoms with Crippen LogP contribution in [0.2, 0.25) is 0 Å². The van der Waals surface area contributed by atoms with E-state index in [1.165, 1.54) is 25.3 Å². The van der Waals surface area contributed by atoms with E-state index >= 15 is 0 Å². The van der Waals surface area contributed by atoms with E-state index in [9.17, 15) is 14.4 Å². The molecule has 3 aromatic rings. The van der Waals surface area contributed by atoms with Crippen molar-refractivity contribution in [2.75, 3.05) is 14.2 Å². The Morgan fingerprint density at radius 2 is 1.71 bits per heavy atom. The lowest BCUT2D eigenvalue weighted by Crippen LogP contribution is -2.40. The number of hydrogen-bond acceptors (Lipinski definition) is 5. The summed E-state index contributed by atoms with van der Waals surface area (Å²) in [6.07, 6.45) is 5.92. The Kier molecular flexibility index (Phi) is 8.46. The molecule has 1 aliphatic heterocycles. The first-order chi connectivity index (χ1) is 18.1. The lowest BCUT2D eigenvalue weighted by Gasteiger charge is -2.33. The third-order valence-corrected chi connectivity index (χ3v) is 6.83. The second kappa shape index (κ2) is 11.6. The van der Waals surface area contributed by atoms with Gasteiger partial charge in [-0.25, -0.2) is 4.79 Å². The van der Waals surface area contributed by atoms with E-state index in [1.54, 1.807) is 18.1 Å². The number of carbonyl (C=O) groups excluding carboxylic acids is 3. The number of ether oxygens (including phenoxy) is 1. The molecule has 0 amide bonds. The number of Topliss-reactive ketones (excluding diaryl/α,β-unsaturated/α-hetero) is 2. The van der Waals surface area contributed by atoms with E-state index in [1.807, 2.05) is 65.2 Å². The van der Waals surface area contributed by atoms with Crippen molar-refractivity contribution in [2.45, 2.75) is 22.8 Å². The van der Waals surface area contributed by atoms with Gasteiger partial charge in [0.05, 0.1) is 18.8 Å². The summed E-state index contributed by atoms with van der Waals surface area (Å²) in [7, 11) is 2.99. The Morgan fingerprint density at radius 3 is 2.39 bits per heavy atom. The normalized spacial score (nSPS) is 15.9. The SMILES string of the molecule is COC(=O)/C=C/C1=CN(C)C(CC(=O)c2cc3ccccc3n2Cc2ccccc2)C(C(=O)C(Cl)(Cl)Cl)=C1. The molecule has 38 heavy (non-hydrogen) atoms. The molecule has 2 aromatic carbocycles. The molecule has 1 atom stereocenters. The van der Waals surface area contributed by atoms with E-state index in [2.05, 4.69) is 4.74 Å². The number of halogens is 3. The zero-order chi connectivity index (χ0) is 27.4. The Hall–Kier alpha value is -3.32. The van der Waals surface area contributed by atoms with Gasteiger partial charge in [0.1, 0.15) is 0 Å². The molecule has 0 fully saturated rings. The number of rotatable bonds is 8. The highest BCUT2D eigenvalue weighted by molar-refractivity contribution is 6.77. The van der Waals surface area contributed by atoms with Gasteiger partial charge in [-0.1, -0.05) is 83.3 Å². The lowest BCUT2D eigenvalue weighted by molar-refractivity contribution is -0.134. The van der Waals surface area contributed by atoms with Gasteiger partial charge < -0.3 is 14.2 Å². The highest BCUT2D eigenvalue weighted by Crippen LogP contribution is 2.35. The predicted octanol–water partition coefficient (Wildman–Crippen LogP) is 6.06. The van der Waals surface area contributed by atoms with Crippen LogP contribution in [0.3, 0.4) is 0 Å². The minimum absolute atomic E-state index is 0.0373. The van der Waals surface area contributed by atoms with Gasteiger partial charge in [-0.15, -0.1) is 0 Å². The number of nitrogens with zero attached hydrogens (tertiary/aromatic N) is 2. The third kappa shape index (κ3) is 6.21. The quantitative estimate of drug-likeness (QED) is 0.142. The molecule has 9 heteroatoms.